The average Bonchev–Trinajstić information content (AvgIpc) is 3.46. The lowest BCUT2D eigenvalue weighted by Crippen LogP contribution is -2.47. The highest BCUT2D eigenvalue weighted by Crippen LogP contribution is 2.26. The number of hydrogen-bond acceptors (Lipinski definition) is 13. The van der Waals surface area contributed by atoms with E-state index in [0.29, 0.717) is 6.54 Å². The summed E-state index contributed by atoms with van der Waals surface area (Å²) in [6.07, 6.45) is -9.37. The van der Waals surface area contributed by atoms with Gasteiger partial charge in [0.1, 0.15) is 30.6 Å². The minimum atomic E-state index is -1.88. The van der Waals surface area contributed by atoms with Crippen LogP contribution in [0, 0.1) is 17.8 Å². The van der Waals surface area contributed by atoms with Gasteiger partial charge in [-0.3, -0.25) is 43.3 Å². The molecule has 0 spiro atoms. The Labute approximate surface area is 333 Å². The first-order valence-electron chi connectivity index (χ1n) is 19.5. The molecule has 17 nitrogen and oxygen atoms in total. The maximum absolute atomic E-state index is 13.5. The maximum atomic E-state index is 13.5. The molecule has 1 aliphatic rings. The van der Waals surface area contributed by atoms with Gasteiger partial charge in [-0.25, -0.2) is 0 Å². The summed E-state index contributed by atoms with van der Waals surface area (Å²) in [7, 11) is 0. The monoisotopic (exact) mass is 804 g/mol. The molecule has 1 aromatic rings. The molecule has 1 saturated heterocycles. The number of Topliss-reactive ketones (excluding diaryl/α,β-unsaturated/α-hetero) is 3. The zero-order valence-electron chi connectivity index (χ0n) is 33.2. The SMILES string of the molecule is CC(C)CNC(=O)CCC(=O)[C@H](Cc1ccccc1)NC(=O)CCC(=O)[C@H](CCC(=O)CC[C@H](O)[C@@H](O)[C@H](O)[C@H](O)CO)NC(=O)CN1C(=O)CC(C(C)C)C1=O. The summed E-state index contributed by atoms with van der Waals surface area (Å²) in [5, 5.41) is 56.5. The molecule has 1 fully saturated rings. The van der Waals surface area contributed by atoms with Gasteiger partial charge in [-0.15, -0.1) is 0 Å². The number of ketones is 3. The molecule has 0 radical (unpaired) electrons. The molecule has 1 aromatic carbocycles. The molecule has 0 bridgehead atoms. The Kier molecular flexibility index (Phi) is 20.8. The van der Waals surface area contributed by atoms with Gasteiger partial charge in [-0.2, -0.15) is 0 Å². The summed E-state index contributed by atoms with van der Waals surface area (Å²) in [6, 6.07) is 6.55. The summed E-state index contributed by atoms with van der Waals surface area (Å²) in [4.78, 5) is 104. The number of imide groups is 1. The standard InChI is InChI=1S/C40H60N4O13/c1-23(2)20-41-34(51)16-14-31(48)29(18-25-8-6-5-7-9-25)43-35(52)17-15-30(47)28(42-36(53)21-44-37(54)19-27(24(3)4)40(44)57)12-10-26(46)11-13-32(49)38(55)39(56)33(50)22-45/h5-9,23-24,27-29,32-33,38-39,45,49-50,55-56H,10-22H2,1-4H3,(H,41,51)(H,42,53)(H,43,52)/t27?,28-,29-,32-,33+,38+,39+/m0/s1. The Morgan fingerprint density at radius 1 is 0.719 bits per heavy atom. The normalized spacial score (nSPS) is 17.5. The summed E-state index contributed by atoms with van der Waals surface area (Å²) >= 11 is 0. The van der Waals surface area contributed by atoms with Gasteiger partial charge in [0, 0.05) is 57.4 Å². The number of aliphatic hydroxyl groups is 5. The van der Waals surface area contributed by atoms with Crippen molar-refractivity contribution in [1.82, 2.24) is 20.9 Å². The number of amides is 5. The Hall–Kier alpha value is -4.42. The molecule has 5 amide bonds. The minimum Gasteiger partial charge on any atom is -0.394 e. The molecule has 0 aromatic heterocycles. The molecule has 0 saturated carbocycles. The minimum absolute atomic E-state index is 0.0641. The van der Waals surface area contributed by atoms with E-state index in [1.165, 1.54) is 0 Å². The van der Waals surface area contributed by atoms with Crippen LogP contribution in [0.15, 0.2) is 30.3 Å². The van der Waals surface area contributed by atoms with Gasteiger partial charge in [0.25, 0.3) is 0 Å². The lowest BCUT2D eigenvalue weighted by Gasteiger charge is -2.25. The molecule has 17 heteroatoms. The highest BCUT2D eigenvalue weighted by atomic mass is 16.4. The first-order chi connectivity index (χ1) is 26.8. The Bertz CT molecular complexity index is 1540. The molecule has 1 heterocycles. The summed E-state index contributed by atoms with van der Waals surface area (Å²) in [5.74, 6) is -4.95. The van der Waals surface area contributed by atoms with Crippen LogP contribution >= 0.6 is 0 Å². The number of aliphatic hydroxyl groups excluding tert-OH is 5. The van der Waals surface area contributed by atoms with Crippen molar-refractivity contribution in [2.45, 2.75) is 128 Å². The van der Waals surface area contributed by atoms with Crippen molar-refractivity contribution in [3.63, 3.8) is 0 Å². The van der Waals surface area contributed by atoms with Gasteiger partial charge in [-0.1, -0.05) is 58.0 Å². The third-order valence-electron chi connectivity index (χ3n) is 9.78. The van der Waals surface area contributed by atoms with E-state index in [4.69, 9.17) is 5.11 Å². The average molecular weight is 805 g/mol. The third-order valence-corrected chi connectivity index (χ3v) is 9.78. The van der Waals surface area contributed by atoms with Gasteiger partial charge in [-0.05, 0) is 36.7 Å². The lowest BCUT2D eigenvalue weighted by atomic mass is 9.94. The molecule has 8 N–H and O–H groups in total. The summed E-state index contributed by atoms with van der Waals surface area (Å²) in [5.41, 5.74) is 0.750. The van der Waals surface area contributed by atoms with E-state index < -0.39 is 104 Å². The van der Waals surface area contributed by atoms with Crippen molar-refractivity contribution in [3.8, 4) is 0 Å². The number of nitrogens with zero attached hydrogens (tertiary/aromatic N) is 1. The van der Waals surface area contributed by atoms with Crippen LogP contribution in [0.3, 0.4) is 0 Å². The van der Waals surface area contributed by atoms with Gasteiger partial charge in [0.05, 0.1) is 24.8 Å². The second-order valence-electron chi connectivity index (χ2n) is 15.3. The van der Waals surface area contributed by atoms with Crippen LogP contribution in [0.25, 0.3) is 0 Å². The van der Waals surface area contributed by atoms with E-state index in [1.54, 1.807) is 44.2 Å². The van der Waals surface area contributed by atoms with Gasteiger partial charge in [0.2, 0.25) is 29.5 Å². The number of benzene rings is 1. The summed E-state index contributed by atoms with van der Waals surface area (Å²) < 4.78 is 0. The van der Waals surface area contributed by atoms with E-state index in [9.17, 15) is 58.8 Å². The van der Waals surface area contributed by atoms with Crippen LogP contribution in [-0.2, 0) is 44.8 Å². The molecule has 57 heavy (non-hydrogen) atoms. The van der Waals surface area contributed by atoms with Crippen LogP contribution in [0.1, 0.15) is 91.0 Å². The van der Waals surface area contributed by atoms with Crippen LogP contribution in [0.4, 0.5) is 0 Å². The van der Waals surface area contributed by atoms with Crippen LogP contribution in [0.5, 0.6) is 0 Å². The smallest absolute Gasteiger partial charge is 0.240 e. The van der Waals surface area contributed by atoms with Crippen molar-refractivity contribution in [1.29, 1.82) is 0 Å². The third kappa shape index (κ3) is 16.9. The zero-order chi connectivity index (χ0) is 42.8. The highest BCUT2D eigenvalue weighted by Gasteiger charge is 2.41. The second-order valence-corrected chi connectivity index (χ2v) is 15.3. The fourth-order valence-corrected chi connectivity index (χ4v) is 6.16. The number of nitrogens with one attached hydrogen (secondary N) is 3. The molecular formula is C40H60N4O13. The first-order valence-corrected chi connectivity index (χ1v) is 19.5. The van der Waals surface area contributed by atoms with E-state index in [2.05, 4.69) is 16.0 Å². The summed E-state index contributed by atoms with van der Waals surface area (Å²) in [6.45, 7) is 6.32. The lowest BCUT2D eigenvalue weighted by molar-refractivity contribution is -0.143. The molecule has 7 atom stereocenters. The van der Waals surface area contributed by atoms with Crippen LogP contribution in [0.2, 0.25) is 0 Å². The first kappa shape index (κ1) is 48.7. The molecule has 2 rings (SSSR count). The Morgan fingerprint density at radius 3 is 1.86 bits per heavy atom. The van der Waals surface area contributed by atoms with Gasteiger partial charge >= 0.3 is 0 Å². The highest BCUT2D eigenvalue weighted by molar-refractivity contribution is 6.06. The molecule has 318 valence electrons. The fraction of sp³-hybridized carbons (Fsp3) is 0.650. The van der Waals surface area contributed by atoms with Crippen LogP contribution in [-0.4, -0.2) is 134 Å². The van der Waals surface area contributed by atoms with E-state index in [0.717, 1.165) is 10.5 Å². The zero-order valence-corrected chi connectivity index (χ0v) is 33.2. The number of hydrogen-bond donors (Lipinski definition) is 8. The predicted molar refractivity (Wildman–Crippen MR) is 205 cm³/mol. The van der Waals surface area contributed by atoms with Crippen molar-refractivity contribution >= 4 is 46.9 Å². The maximum Gasteiger partial charge on any atom is 0.240 e. The largest absolute Gasteiger partial charge is 0.394 e. The topological polar surface area (TPSA) is 277 Å². The van der Waals surface area contributed by atoms with E-state index in [1.807, 2.05) is 13.8 Å². The van der Waals surface area contributed by atoms with Crippen molar-refractivity contribution < 1.29 is 63.9 Å². The van der Waals surface area contributed by atoms with Gasteiger partial charge < -0.3 is 41.5 Å². The Morgan fingerprint density at radius 2 is 1.28 bits per heavy atom. The Balaban J connectivity index is 2.12. The fourth-order valence-electron chi connectivity index (χ4n) is 6.16. The predicted octanol–water partition coefficient (Wildman–Crippen LogP) is -0.734. The van der Waals surface area contributed by atoms with Crippen LogP contribution < -0.4 is 16.0 Å². The molecule has 1 unspecified atom stereocenters. The molecule has 0 aliphatic carbocycles. The molecular weight excluding hydrogens is 744 g/mol. The molecule has 1 aliphatic heterocycles. The number of carbonyl (C=O) groups excluding carboxylic acids is 8. The van der Waals surface area contributed by atoms with E-state index >= 15 is 0 Å². The van der Waals surface area contributed by atoms with Crippen molar-refractivity contribution in [2.24, 2.45) is 17.8 Å². The number of rotatable bonds is 27. The van der Waals surface area contributed by atoms with E-state index in [-0.39, 0.29) is 74.9 Å². The van der Waals surface area contributed by atoms with Crippen molar-refractivity contribution in [3.05, 3.63) is 35.9 Å². The second kappa shape index (κ2) is 24.4. The number of likely N-dealkylation sites (tertiary alicyclic amines) is 1. The number of carbonyl (C=O) groups is 8. The quantitative estimate of drug-likeness (QED) is 0.0510. The van der Waals surface area contributed by atoms with Gasteiger partial charge in [0.15, 0.2) is 11.6 Å². The van der Waals surface area contributed by atoms with Crippen molar-refractivity contribution in [2.75, 3.05) is 19.7 Å².